The maximum absolute atomic E-state index is 4.78. The van der Waals surface area contributed by atoms with Crippen molar-refractivity contribution >= 4 is 0 Å². The molecule has 1 aromatic heterocycles. The van der Waals surface area contributed by atoms with Crippen LogP contribution in [0.3, 0.4) is 0 Å². The van der Waals surface area contributed by atoms with Gasteiger partial charge < -0.3 is 5.32 Å². The van der Waals surface area contributed by atoms with Crippen LogP contribution < -0.4 is 5.32 Å². The second kappa shape index (κ2) is 7.09. The molecule has 0 saturated heterocycles. The highest BCUT2D eigenvalue weighted by Crippen LogP contribution is 2.28. The van der Waals surface area contributed by atoms with Gasteiger partial charge >= 0.3 is 0 Å². The third kappa shape index (κ3) is 4.34. The Kier molecular flexibility index (Phi) is 5.44. The molecule has 2 unspecified atom stereocenters. The highest BCUT2D eigenvalue weighted by atomic mass is 15.3. The van der Waals surface area contributed by atoms with Crippen LogP contribution in [0, 0.1) is 5.92 Å². The Balaban J connectivity index is 1.81. The van der Waals surface area contributed by atoms with Crippen LogP contribution in [0.2, 0.25) is 0 Å². The van der Waals surface area contributed by atoms with Crippen molar-refractivity contribution in [3.8, 4) is 0 Å². The van der Waals surface area contributed by atoms with Gasteiger partial charge in [-0.05, 0) is 51.1 Å². The predicted molar refractivity (Wildman–Crippen MR) is 80.4 cm³/mol. The summed E-state index contributed by atoms with van der Waals surface area (Å²) in [5.74, 6) is 0.695. The Morgan fingerprint density at radius 1 is 1.37 bits per heavy atom. The van der Waals surface area contributed by atoms with Crippen LogP contribution in [0.25, 0.3) is 0 Å². The molecule has 3 nitrogen and oxygen atoms in total. The van der Waals surface area contributed by atoms with Crippen LogP contribution in [0.1, 0.15) is 64.6 Å². The first-order valence-electron chi connectivity index (χ1n) is 7.96. The van der Waals surface area contributed by atoms with Gasteiger partial charge in [-0.2, -0.15) is 5.10 Å². The van der Waals surface area contributed by atoms with Gasteiger partial charge in [-0.25, -0.2) is 0 Å². The van der Waals surface area contributed by atoms with E-state index in [1.807, 2.05) is 0 Å². The summed E-state index contributed by atoms with van der Waals surface area (Å²) < 4.78 is 2.21. The van der Waals surface area contributed by atoms with Crippen molar-refractivity contribution in [3.63, 3.8) is 0 Å². The number of nitrogens with zero attached hydrogens (tertiary/aromatic N) is 2. The van der Waals surface area contributed by atoms with Crippen LogP contribution in [0.4, 0.5) is 0 Å². The highest BCUT2D eigenvalue weighted by molar-refractivity contribution is 5.01. The predicted octanol–water partition coefficient (Wildman–Crippen LogP) is 3.56. The summed E-state index contributed by atoms with van der Waals surface area (Å²) >= 11 is 0. The molecule has 0 aliphatic heterocycles. The van der Waals surface area contributed by atoms with Crippen LogP contribution in [0.15, 0.2) is 12.3 Å². The lowest BCUT2D eigenvalue weighted by Gasteiger charge is -2.17. The second-order valence-corrected chi connectivity index (χ2v) is 6.23. The van der Waals surface area contributed by atoms with E-state index in [4.69, 9.17) is 5.10 Å². The molecule has 1 aliphatic carbocycles. The Morgan fingerprint density at radius 3 is 2.79 bits per heavy atom. The summed E-state index contributed by atoms with van der Waals surface area (Å²) in [6.45, 7) is 7.84. The minimum absolute atomic E-state index is 0.608. The maximum Gasteiger partial charge on any atom is 0.0627 e. The maximum atomic E-state index is 4.78. The molecule has 0 bridgehead atoms. The fraction of sp³-hybridized carbons (Fsp3) is 0.812. The van der Waals surface area contributed by atoms with Gasteiger partial charge in [0.05, 0.1) is 11.7 Å². The smallest absolute Gasteiger partial charge is 0.0627 e. The van der Waals surface area contributed by atoms with Crippen molar-refractivity contribution < 1.29 is 0 Å². The minimum atomic E-state index is 0.608. The molecule has 0 spiro atoms. The average molecular weight is 263 g/mol. The fourth-order valence-corrected chi connectivity index (χ4v) is 3.33. The third-order valence-electron chi connectivity index (χ3n) is 4.23. The molecule has 1 heterocycles. The average Bonchev–Trinajstić information content (AvgIpc) is 2.98. The molecule has 1 N–H and O–H groups in total. The van der Waals surface area contributed by atoms with E-state index in [2.05, 4.69) is 43.0 Å². The molecule has 1 aliphatic rings. The Bertz CT molecular complexity index is 366. The standard InChI is InChI=1S/C16H29N3/c1-4-17-14(3)11-13(2)12-15-9-10-19(18-15)16-7-5-6-8-16/h9-10,13-14,16-17H,4-8,11-12H2,1-3H3. The molecule has 2 atom stereocenters. The fourth-order valence-electron chi connectivity index (χ4n) is 3.33. The number of rotatable bonds is 7. The number of hydrogen-bond donors (Lipinski definition) is 1. The Hall–Kier alpha value is -0.830. The van der Waals surface area contributed by atoms with E-state index in [0.717, 1.165) is 13.0 Å². The molecule has 0 amide bonds. The van der Waals surface area contributed by atoms with E-state index in [9.17, 15) is 0 Å². The topological polar surface area (TPSA) is 29.9 Å². The lowest BCUT2D eigenvalue weighted by atomic mass is 9.98. The summed E-state index contributed by atoms with van der Waals surface area (Å²) in [6.07, 6.45) is 9.89. The molecule has 0 aromatic carbocycles. The molecule has 0 radical (unpaired) electrons. The number of hydrogen-bond acceptors (Lipinski definition) is 2. The molecular formula is C16H29N3. The first-order chi connectivity index (χ1) is 9.19. The summed E-state index contributed by atoms with van der Waals surface area (Å²) in [7, 11) is 0. The minimum Gasteiger partial charge on any atom is -0.315 e. The van der Waals surface area contributed by atoms with Crippen LogP contribution >= 0.6 is 0 Å². The Labute approximate surface area is 117 Å². The monoisotopic (exact) mass is 263 g/mol. The first kappa shape index (κ1) is 14.6. The summed E-state index contributed by atoms with van der Waals surface area (Å²) in [4.78, 5) is 0. The molecule has 1 aromatic rings. The zero-order valence-corrected chi connectivity index (χ0v) is 12.7. The number of nitrogens with one attached hydrogen (secondary N) is 1. The van der Waals surface area contributed by atoms with Gasteiger partial charge in [0.1, 0.15) is 0 Å². The zero-order valence-electron chi connectivity index (χ0n) is 12.7. The molecule has 108 valence electrons. The molecular weight excluding hydrogens is 234 g/mol. The Morgan fingerprint density at radius 2 is 2.11 bits per heavy atom. The van der Waals surface area contributed by atoms with E-state index in [1.54, 1.807) is 0 Å². The van der Waals surface area contributed by atoms with E-state index in [1.165, 1.54) is 37.8 Å². The normalized spacial score (nSPS) is 19.7. The van der Waals surface area contributed by atoms with Gasteiger partial charge in [0.15, 0.2) is 0 Å². The van der Waals surface area contributed by atoms with Crippen molar-refractivity contribution in [1.82, 2.24) is 15.1 Å². The summed E-state index contributed by atoms with van der Waals surface area (Å²) in [5.41, 5.74) is 1.27. The van der Waals surface area contributed by atoms with Crippen LogP contribution in [-0.4, -0.2) is 22.4 Å². The molecule has 3 heteroatoms. The van der Waals surface area contributed by atoms with E-state index >= 15 is 0 Å². The van der Waals surface area contributed by atoms with Gasteiger partial charge in [-0.15, -0.1) is 0 Å². The summed E-state index contributed by atoms with van der Waals surface area (Å²) in [6, 6.07) is 3.49. The lowest BCUT2D eigenvalue weighted by molar-refractivity contribution is 0.416. The van der Waals surface area contributed by atoms with Crippen molar-refractivity contribution in [2.24, 2.45) is 5.92 Å². The largest absolute Gasteiger partial charge is 0.315 e. The quantitative estimate of drug-likeness (QED) is 0.815. The van der Waals surface area contributed by atoms with Gasteiger partial charge in [-0.1, -0.05) is 26.7 Å². The van der Waals surface area contributed by atoms with E-state index in [-0.39, 0.29) is 0 Å². The highest BCUT2D eigenvalue weighted by Gasteiger charge is 2.18. The van der Waals surface area contributed by atoms with Gasteiger partial charge in [0.25, 0.3) is 0 Å². The van der Waals surface area contributed by atoms with Crippen molar-refractivity contribution in [2.75, 3.05) is 6.54 Å². The summed E-state index contributed by atoms with van der Waals surface area (Å²) in [5, 5.41) is 8.27. The lowest BCUT2D eigenvalue weighted by Crippen LogP contribution is -2.27. The zero-order chi connectivity index (χ0) is 13.7. The SMILES string of the molecule is CCNC(C)CC(C)Cc1ccn(C2CCCC2)n1. The van der Waals surface area contributed by atoms with E-state index in [0.29, 0.717) is 18.0 Å². The van der Waals surface area contributed by atoms with Gasteiger partial charge in [0.2, 0.25) is 0 Å². The van der Waals surface area contributed by atoms with Crippen LogP contribution in [0.5, 0.6) is 0 Å². The third-order valence-corrected chi connectivity index (χ3v) is 4.23. The first-order valence-corrected chi connectivity index (χ1v) is 7.96. The molecule has 19 heavy (non-hydrogen) atoms. The number of aromatic nitrogens is 2. The van der Waals surface area contributed by atoms with E-state index < -0.39 is 0 Å². The van der Waals surface area contributed by atoms with Crippen molar-refractivity contribution in [1.29, 1.82) is 0 Å². The molecule has 1 saturated carbocycles. The van der Waals surface area contributed by atoms with Gasteiger partial charge in [0, 0.05) is 12.2 Å². The van der Waals surface area contributed by atoms with Crippen molar-refractivity contribution in [3.05, 3.63) is 18.0 Å². The van der Waals surface area contributed by atoms with Crippen LogP contribution in [-0.2, 0) is 6.42 Å². The van der Waals surface area contributed by atoms with Crippen molar-refractivity contribution in [2.45, 2.75) is 71.4 Å². The van der Waals surface area contributed by atoms with Gasteiger partial charge in [-0.3, -0.25) is 4.68 Å². The molecule has 2 rings (SSSR count). The second-order valence-electron chi connectivity index (χ2n) is 6.23. The molecule has 1 fully saturated rings.